The molecule has 1 aliphatic carbocycles. The molecule has 4 rings (SSSR count). The molecule has 0 bridgehead atoms. The highest BCUT2D eigenvalue weighted by Crippen LogP contribution is 2.39. The summed E-state index contributed by atoms with van der Waals surface area (Å²) in [5, 5.41) is 18.4. The second-order valence-electron chi connectivity index (χ2n) is 8.58. The lowest BCUT2D eigenvalue weighted by Crippen LogP contribution is -2.38. The zero-order valence-corrected chi connectivity index (χ0v) is 22.0. The number of rotatable bonds is 6. The van der Waals surface area contributed by atoms with Crippen LogP contribution in [-0.4, -0.2) is 50.4 Å². The number of anilines is 1. The molecule has 1 unspecified atom stereocenters. The molecule has 37 heavy (non-hydrogen) atoms. The predicted molar refractivity (Wildman–Crippen MR) is 140 cm³/mol. The average Bonchev–Trinajstić information content (AvgIpc) is 3.08. The first-order chi connectivity index (χ1) is 17.5. The molecule has 1 N–H and O–H groups in total. The standard InChI is InChI=1S/C24H24Cl2N6O5/c1-5-30-22(35)19(23(36)31(6-2)24(30)37)28-27-17-11-14(29(3)4)10-16-18(17)21(34)32(20(16)33)15-8-12(25)7-13(26)9-15/h7-8,10-11,13,35H,5-6,9H2,1-4H3. The molecule has 13 heteroatoms. The normalized spacial score (nSPS) is 17.4. The number of aromatic hydroxyl groups is 1. The molecule has 1 aromatic carbocycles. The van der Waals surface area contributed by atoms with Crippen molar-refractivity contribution in [2.75, 3.05) is 19.0 Å². The summed E-state index contributed by atoms with van der Waals surface area (Å²) in [7, 11) is 3.49. The Labute approximate surface area is 221 Å². The Morgan fingerprint density at radius 3 is 2.32 bits per heavy atom. The van der Waals surface area contributed by atoms with Crippen LogP contribution in [0.3, 0.4) is 0 Å². The molecule has 2 aromatic rings. The molecule has 1 aromatic heterocycles. The van der Waals surface area contributed by atoms with E-state index in [4.69, 9.17) is 23.2 Å². The summed E-state index contributed by atoms with van der Waals surface area (Å²) >= 11 is 12.4. The predicted octanol–water partition coefficient (Wildman–Crippen LogP) is 3.85. The van der Waals surface area contributed by atoms with Crippen LogP contribution < -0.4 is 16.1 Å². The van der Waals surface area contributed by atoms with E-state index in [1.807, 2.05) is 0 Å². The zero-order chi connectivity index (χ0) is 27.2. The minimum atomic E-state index is -0.829. The van der Waals surface area contributed by atoms with E-state index in [0.29, 0.717) is 16.4 Å². The van der Waals surface area contributed by atoms with Gasteiger partial charge in [0.15, 0.2) is 0 Å². The smallest absolute Gasteiger partial charge is 0.333 e. The van der Waals surface area contributed by atoms with Crippen molar-refractivity contribution in [2.24, 2.45) is 10.2 Å². The number of alkyl halides is 1. The lowest BCUT2D eigenvalue weighted by atomic mass is 10.1. The summed E-state index contributed by atoms with van der Waals surface area (Å²) in [6, 6.07) is 3.10. The minimum Gasteiger partial charge on any atom is -0.493 e. The van der Waals surface area contributed by atoms with E-state index in [-0.39, 0.29) is 36.3 Å². The van der Waals surface area contributed by atoms with Crippen molar-refractivity contribution in [3.63, 3.8) is 0 Å². The number of imide groups is 1. The molecule has 2 amide bonds. The van der Waals surface area contributed by atoms with Gasteiger partial charge < -0.3 is 10.0 Å². The molecule has 0 saturated carbocycles. The van der Waals surface area contributed by atoms with Gasteiger partial charge in [0.05, 0.1) is 16.5 Å². The van der Waals surface area contributed by atoms with Gasteiger partial charge in [0, 0.05) is 50.0 Å². The molecule has 1 atom stereocenters. The van der Waals surface area contributed by atoms with Gasteiger partial charge in [-0.15, -0.1) is 21.8 Å². The summed E-state index contributed by atoms with van der Waals surface area (Å²) in [6.07, 6.45) is 3.33. The molecular weight excluding hydrogens is 523 g/mol. The Balaban J connectivity index is 1.89. The van der Waals surface area contributed by atoms with Crippen LogP contribution in [0.1, 0.15) is 41.0 Å². The van der Waals surface area contributed by atoms with Crippen LogP contribution in [0.15, 0.2) is 54.8 Å². The second-order valence-corrected chi connectivity index (χ2v) is 9.58. The van der Waals surface area contributed by atoms with Crippen molar-refractivity contribution in [1.29, 1.82) is 0 Å². The summed E-state index contributed by atoms with van der Waals surface area (Å²) in [4.78, 5) is 54.9. The van der Waals surface area contributed by atoms with Crippen molar-refractivity contribution in [2.45, 2.75) is 38.7 Å². The molecule has 1 aliphatic heterocycles. The molecule has 2 heterocycles. The summed E-state index contributed by atoms with van der Waals surface area (Å²) in [5.41, 5.74) is -0.986. The third-order valence-electron chi connectivity index (χ3n) is 6.07. The highest BCUT2D eigenvalue weighted by molar-refractivity contribution is 6.33. The van der Waals surface area contributed by atoms with Gasteiger partial charge in [0.25, 0.3) is 17.4 Å². The molecule has 0 saturated heterocycles. The van der Waals surface area contributed by atoms with Gasteiger partial charge in [-0.1, -0.05) is 11.6 Å². The number of carbonyl (C=O) groups is 2. The lowest BCUT2D eigenvalue weighted by Gasteiger charge is -2.22. The fraction of sp³-hybridized carbons (Fsp3) is 0.333. The Kier molecular flexibility index (Phi) is 7.11. The monoisotopic (exact) mass is 546 g/mol. The number of hydrogen-bond donors (Lipinski definition) is 1. The Morgan fingerprint density at radius 2 is 1.73 bits per heavy atom. The van der Waals surface area contributed by atoms with Crippen LogP contribution in [0.4, 0.5) is 17.1 Å². The van der Waals surface area contributed by atoms with Crippen LogP contribution in [0.2, 0.25) is 0 Å². The first kappa shape index (κ1) is 26.4. The number of carbonyl (C=O) groups excluding carboxylic acids is 2. The van der Waals surface area contributed by atoms with E-state index in [2.05, 4.69) is 10.2 Å². The van der Waals surface area contributed by atoms with Crippen molar-refractivity contribution in [1.82, 2.24) is 14.0 Å². The first-order valence-electron chi connectivity index (χ1n) is 11.4. The summed E-state index contributed by atoms with van der Waals surface area (Å²) < 4.78 is 1.91. The Hall–Kier alpha value is -3.70. The fourth-order valence-corrected chi connectivity index (χ4v) is 4.85. The topological polar surface area (TPSA) is 130 Å². The number of aromatic nitrogens is 2. The molecule has 11 nitrogen and oxygen atoms in total. The number of nitrogens with zero attached hydrogens (tertiary/aromatic N) is 6. The van der Waals surface area contributed by atoms with Gasteiger partial charge in [0.2, 0.25) is 11.6 Å². The van der Waals surface area contributed by atoms with E-state index < -0.39 is 40.0 Å². The van der Waals surface area contributed by atoms with Crippen molar-refractivity contribution < 1.29 is 14.7 Å². The molecule has 0 fully saturated rings. The van der Waals surface area contributed by atoms with E-state index >= 15 is 0 Å². The molecule has 2 aliphatic rings. The van der Waals surface area contributed by atoms with Gasteiger partial charge in [-0.2, -0.15) is 0 Å². The maximum Gasteiger partial charge on any atom is 0.333 e. The highest BCUT2D eigenvalue weighted by Gasteiger charge is 2.41. The number of azo groups is 1. The molecule has 194 valence electrons. The quantitative estimate of drug-likeness (QED) is 0.332. The largest absolute Gasteiger partial charge is 0.493 e. The van der Waals surface area contributed by atoms with Crippen LogP contribution in [0, 0.1) is 0 Å². The SMILES string of the molecule is CCn1c(O)c(N=Nc2cc(N(C)C)cc3c2C(=O)N(C2=CC(Cl)=CC(Cl)C2)C3=O)c(=O)n(CC)c1=O. The van der Waals surface area contributed by atoms with Crippen LogP contribution in [0.5, 0.6) is 5.88 Å². The Bertz CT molecular complexity index is 1540. The third-order valence-corrected chi connectivity index (χ3v) is 6.59. The number of amides is 2. The van der Waals surface area contributed by atoms with Crippen LogP contribution >= 0.6 is 23.2 Å². The number of benzene rings is 1. The molecular formula is C24H24Cl2N6O5. The molecule has 0 radical (unpaired) electrons. The van der Waals surface area contributed by atoms with Gasteiger partial charge in [0.1, 0.15) is 5.69 Å². The maximum absolute atomic E-state index is 13.5. The van der Waals surface area contributed by atoms with Crippen molar-refractivity contribution in [3.05, 3.63) is 67.0 Å². The highest BCUT2D eigenvalue weighted by atomic mass is 35.5. The van der Waals surface area contributed by atoms with Crippen LogP contribution in [0.25, 0.3) is 0 Å². The minimum absolute atomic E-state index is 0.0126. The van der Waals surface area contributed by atoms with Gasteiger partial charge >= 0.3 is 5.69 Å². The zero-order valence-electron chi connectivity index (χ0n) is 20.5. The van der Waals surface area contributed by atoms with Crippen LogP contribution in [-0.2, 0) is 13.1 Å². The number of hydrogen-bond acceptors (Lipinski definition) is 8. The summed E-state index contributed by atoms with van der Waals surface area (Å²) in [5.74, 6) is -1.86. The first-order valence-corrected chi connectivity index (χ1v) is 12.3. The lowest BCUT2D eigenvalue weighted by molar-refractivity contribution is 0.0699. The molecule has 0 spiro atoms. The van der Waals surface area contributed by atoms with E-state index in [1.165, 1.54) is 12.1 Å². The number of fused-ring (bicyclic) bond motifs is 1. The maximum atomic E-state index is 13.5. The van der Waals surface area contributed by atoms with Gasteiger partial charge in [-0.3, -0.25) is 23.5 Å². The van der Waals surface area contributed by atoms with E-state index in [0.717, 1.165) is 14.0 Å². The van der Waals surface area contributed by atoms with Crippen molar-refractivity contribution >= 4 is 52.1 Å². The number of allylic oxidation sites excluding steroid dienone is 4. The Morgan fingerprint density at radius 1 is 1.05 bits per heavy atom. The van der Waals surface area contributed by atoms with Crippen molar-refractivity contribution in [3.8, 4) is 5.88 Å². The second kappa shape index (κ2) is 9.98. The van der Waals surface area contributed by atoms with E-state index in [9.17, 15) is 24.3 Å². The van der Waals surface area contributed by atoms with E-state index in [1.54, 1.807) is 45.0 Å². The summed E-state index contributed by atoms with van der Waals surface area (Å²) in [6.45, 7) is 3.39. The third kappa shape index (κ3) is 4.49. The van der Waals surface area contributed by atoms with Gasteiger partial charge in [-0.25, -0.2) is 9.69 Å². The fourth-order valence-electron chi connectivity index (χ4n) is 4.21. The number of halogens is 2. The average molecular weight is 547 g/mol. The van der Waals surface area contributed by atoms with Gasteiger partial charge in [-0.05, 0) is 38.1 Å².